The average molecular weight is 516 g/mol. The molecule has 2 aromatic rings. The second kappa shape index (κ2) is 14.0. The molecule has 8 heteroatoms. The number of carbonyl (C=O) groups is 2. The van der Waals surface area contributed by atoms with Gasteiger partial charge in [-0.05, 0) is 61.4 Å². The first-order chi connectivity index (χ1) is 15.4. The number of nitrogens with zero attached hydrogens (tertiary/aromatic N) is 1. The molecule has 0 heterocycles. The van der Waals surface area contributed by atoms with Gasteiger partial charge in [0.2, 0.25) is 11.8 Å². The van der Waals surface area contributed by atoms with E-state index in [0.717, 1.165) is 17.1 Å². The summed E-state index contributed by atoms with van der Waals surface area (Å²) >= 11 is 20.3. The van der Waals surface area contributed by atoms with Gasteiger partial charge in [-0.3, -0.25) is 9.59 Å². The van der Waals surface area contributed by atoms with E-state index < -0.39 is 6.04 Å². The Balaban J connectivity index is 2.10. The number of nitrogens with one attached hydrogen (secondary N) is 1. The van der Waals surface area contributed by atoms with Gasteiger partial charge in [-0.1, -0.05) is 54.7 Å². The summed E-state index contributed by atoms with van der Waals surface area (Å²) in [6.45, 7) is 4.66. The Bertz CT molecular complexity index is 873. The molecule has 0 aliphatic carbocycles. The van der Waals surface area contributed by atoms with E-state index in [4.69, 9.17) is 34.8 Å². The van der Waals surface area contributed by atoms with Crippen LogP contribution in [0.5, 0.6) is 0 Å². The molecule has 2 aromatic carbocycles. The lowest BCUT2D eigenvalue weighted by molar-refractivity contribution is -0.141. The highest BCUT2D eigenvalue weighted by molar-refractivity contribution is 7.99. The first kappa shape index (κ1) is 26.8. The van der Waals surface area contributed by atoms with Crippen LogP contribution in [0.2, 0.25) is 15.1 Å². The van der Waals surface area contributed by atoms with Crippen molar-refractivity contribution in [2.75, 3.05) is 12.3 Å². The molecule has 174 valence electrons. The van der Waals surface area contributed by atoms with Crippen LogP contribution < -0.4 is 5.32 Å². The van der Waals surface area contributed by atoms with Gasteiger partial charge in [0.05, 0.1) is 0 Å². The molecule has 1 atom stereocenters. The highest BCUT2D eigenvalue weighted by atomic mass is 35.5. The standard InChI is InChI=1S/C24H29Cl3N2O2S/c1-3-14-28-24(31)22(4-2)29(16-19-20(26)7-5-8-21(19)27)23(30)9-6-15-32-18-12-10-17(25)11-13-18/h5,7-8,10-13,22H,3-4,6,9,14-16H2,1-2H3,(H,28,31)/t22-/m0/s1. The Morgan fingerprint density at radius 1 is 1.03 bits per heavy atom. The summed E-state index contributed by atoms with van der Waals surface area (Å²) in [5.74, 6) is 0.546. The molecule has 0 saturated heterocycles. The lowest BCUT2D eigenvalue weighted by Crippen LogP contribution is -2.49. The number of benzene rings is 2. The highest BCUT2D eigenvalue weighted by Gasteiger charge is 2.29. The van der Waals surface area contributed by atoms with Crippen molar-refractivity contribution in [3.8, 4) is 0 Å². The summed E-state index contributed by atoms with van der Waals surface area (Å²) in [4.78, 5) is 28.8. The normalized spacial score (nSPS) is 11.8. The number of carbonyl (C=O) groups excluding carboxylic acids is 2. The summed E-state index contributed by atoms with van der Waals surface area (Å²) in [6, 6.07) is 12.3. The smallest absolute Gasteiger partial charge is 0.242 e. The molecule has 4 nitrogen and oxygen atoms in total. The van der Waals surface area contributed by atoms with Gasteiger partial charge in [0.15, 0.2) is 0 Å². The van der Waals surface area contributed by atoms with Crippen molar-refractivity contribution in [2.45, 2.75) is 57.0 Å². The molecule has 0 aliphatic heterocycles. The minimum Gasteiger partial charge on any atom is -0.354 e. The van der Waals surface area contributed by atoms with Crippen molar-refractivity contribution >= 4 is 58.4 Å². The maximum atomic E-state index is 13.2. The zero-order chi connectivity index (χ0) is 23.5. The van der Waals surface area contributed by atoms with Gasteiger partial charge in [0.1, 0.15) is 6.04 Å². The van der Waals surface area contributed by atoms with Crippen LogP contribution in [0.15, 0.2) is 47.4 Å². The van der Waals surface area contributed by atoms with E-state index in [1.165, 1.54) is 0 Å². The Morgan fingerprint density at radius 2 is 1.69 bits per heavy atom. The van der Waals surface area contributed by atoms with E-state index >= 15 is 0 Å². The van der Waals surface area contributed by atoms with Crippen molar-refractivity contribution in [1.29, 1.82) is 0 Å². The van der Waals surface area contributed by atoms with Crippen molar-refractivity contribution in [3.05, 3.63) is 63.1 Å². The number of hydrogen-bond acceptors (Lipinski definition) is 3. The summed E-state index contributed by atoms with van der Waals surface area (Å²) < 4.78 is 0. The minimum atomic E-state index is -0.578. The second-order valence-electron chi connectivity index (χ2n) is 7.34. The van der Waals surface area contributed by atoms with Crippen LogP contribution in [0.3, 0.4) is 0 Å². The van der Waals surface area contributed by atoms with E-state index in [9.17, 15) is 9.59 Å². The first-order valence-electron chi connectivity index (χ1n) is 10.8. The highest BCUT2D eigenvalue weighted by Crippen LogP contribution is 2.28. The lowest BCUT2D eigenvalue weighted by atomic mass is 10.1. The van der Waals surface area contributed by atoms with Crippen LogP contribution >= 0.6 is 46.6 Å². The molecule has 0 radical (unpaired) electrons. The molecule has 2 amide bonds. The van der Waals surface area contributed by atoms with Crippen molar-refractivity contribution in [2.24, 2.45) is 0 Å². The second-order valence-corrected chi connectivity index (χ2v) is 9.76. The Labute approximate surface area is 210 Å². The van der Waals surface area contributed by atoms with Crippen LogP contribution in [-0.2, 0) is 16.1 Å². The van der Waals surface area contributed by atoms with Crippen LogP contribution in [0.4, 0.5) is 0 Å². The third-order valence-electron chi connectivity index (χ3n) is 4.94. The van der Waals surface area contributed by atoms with Gasteiger partial charge in [-0.15, -0.1) is 11.8 Å². The summed E-state index contributed by atoms with van der Waals surface area (Å²) in [5, 5.41) is 4.58. The van der Waals surface area contributed by atoms with E-state index in [-0.39, 0.29) is 18.4 Å². The average Bonchev–Trinajstić information content (AvgIpc) is 2.78. The van der Waals surface area contributed by atoms with Gasteiger partial charge in [-0.25, -0.2) is 0 Å². The number of rotatable bonds is 12. The summed E-state index contributed by atoms with van der Waals surface area (Å²) in [7, 11) is 0. The third kappa shape index (κ3) is 8.18. The van der Waals surface area contributed by atoms with Crippen molar-refractivity contribution < 1.29 is 9.59 Å². The number of hydrogen-bond donors (Lipinski definition) is 1. The molecular formula is C24H29Cl3N2O2S. The van der Waals surface area contributed by atoms with Crippen LogP contribution in [0.25, 0.3) is 0 Å². The van der Waals surface area contributed by atoms with E-state index in [2.05, 4.69) is 5.32 Å². The summed E-state index contributed by atoms with van der Waals surface area (Å²) in [5.41, 5.74) is 0.654. The quantitative estimate of drug-likeness (QED) is 0.248. The molecule has 0 bridgehead atoms. The molecule has 0 saturated carbocycles. The Hall–Kier alpha value is -1.40. The number of thioether (sulfide) groups is 1. The van der Waals surface area contributed by atoms with Gasteiger partial charge >= 0.3 is 0 Å². The first-order valence-corrected chi connectivity index (χ1v) is 12.9. The third-order valence-corrected chi connectivity index (χ3v) is 7.00. The zero-order valence-corrected chi connectivity index (χ0v) is 21.5. The fourth-order valence-electron chi connectivity index (χ4n) is 3.23. The lowest BCUT2D eigenvalue weighted by Gasteiger charge is -2.31. The van der Waals surface area contributed by atoms with Crippen molar-refractivity contribution in [3.63, 3.8) is 0 Å². The maximum absolute atomic E-state index is 13.2. The monoisotopic (exact) mass is 514 g/mol. The van der Waals surface area contributed by atoms with E-state index in [0.29, 0.717) is 46.4 Å². The predicted octanol–water partition coefficient (Wildman–Crippen LogP) is 6.85. The van der Waals surface area contributed by atoms with Gasteiger partial charge in [-0.2, -0.15) is 0 Å². The fourth-order valence-corrected chi connectivity index (χ4v) is 4.72. The molecular weight excluding hydrogens is 487 g/mol. The van der Waals surface area contributed by atoms with Crippen molar-refractivity contribution in [1.82, 2.24) is 10.2 Å². The molecule has 0 aromatic heterocycles. The molecule has 32 heavy (non-hydrogen) atoms. The Morgan fingerprint density at radius 3 is 2.28 bits per heavy atom. The number of halogens is 3. The molecule has 1 N–H and O–H groups in total. The van der Waals surface area contributed by atoms with E-state index in [1.807, 2.05) is 38.1 Å². The Kier molecular flexibility index (Phi) is 11.7. The molecule has 0 unspecified atom stereocenters. The van der Waals surface area contributed by atoms with Gasteiger partial charge < -0.3 is 10.2 Å². The topological polar surface area (TPSA) is 49.4 Å². The van der Waals surface area contributed by atoms with Crippen LogP contribution in [0, 0.1) is 0 Å². The van der Waals surface area contributed by atoms with Gasteiger partial charge in [0, 0.05) is 45.0 Å². The molecule has 0 aliphatic rings. The minimum absolute atomic E-state index is 0.0869. The summed E-state index contributed by atoms with van der Waals surface area (Å²) in [6.07, 6.45) is 2.35. The zero-order valence-electron chi connectivity index (χ0n) is 18.4. The fraction of sp³-hybridized carbons (Fsp3) is 0.417. The van der Waals surface area contributed by atoms with Crippen LogP contribution in [0.1, 0.15) is 45.1 Å². The predicted molar refractivity (Wildman–Crippen MR) is 136 cm³/mol. The molecule has 0 spiro atoms. The molecule has 0 fully saturated rings. The largest absolute Gasteiger partial charge is 0.354 e. The van der Waals surface area contributed by atoms with E-state index in [1.54, 1.807) is 34.9 Å². The van der Waals surface area contributed by atoms with Crippen LogP contribution in [-0.4, -0.2) is 35.1 Å². The van der Waals surface area contributed by atoms with Gasteiger partial charge in [0.25, 0.3) is 0 Å². The maximum Gasteiger partial charge on any atom is 0.242 e. The number of amides is 2. The molecule has 2 rings (SSSR count). The SMILES string of the molecule is CCCNC(=O)[C@H](CC)N(Cc1c(Cl)cccc1Cl)C(=O)CCCSc1ccc(Cl)cc1.